The zero-order valence-electron chi connectivity index (χ0n) is 10.8. The molecule has 1 saturated heterocycles. The molecule has 0 bridgehead atoms. The molecule has 1 atom stereocenters. The molecule has 1 aliphatic carbocycles. The predicted octanol–water partition coefficient (Wildman–Crippen LogP) is 1.16. The molecule has 18 heavy (non-hydrogen) atoms. The van der Waals surface area contributed by atoms with Crippen LogP contribution in [-0.4, -0.2) is 28.1 Å². The van der Waals surface area contributed by atoms with E-state index in [-0.39, 0.29) is 5.56 Å². The Labute approximate surface area is 106 Å². The molecular weight excluding hydrogens is 228 g/mol. The molecule has 1 spiro atoms. The molecular formula is C13H20N4O. The van der Waals surface area contributed by atoms with Crippen molar-refractivity contribution in [3.63, 3.8) is 0 Å². The van der Waals surface area contributed by atoms with Crippen LogP contribution in [0.2, 0.25) is 0 Å². The summed E-state index contributed by atoms with van der Waals surface area (Å²) >= 11 is 0. The highest BCUT2D eigenvalue weighted by atomic mass is 16.1. The standard InChI is InChI=1S/C13H20N4O/c1-9-15-11(7-12(18)16-9)17-10-3-6-14-13(8-10)4-2-5-13/h7,10,14H,2-6,8H2,1H3,(H2,15,16,17,18). The van der Waals surface area contributed by atoms with Gasteiger partial charge in [-0.1, -0.05) is 0 Å². The molecule has 0 radical (unpaired) electrons. The Morgan fingerprint density at radius 3 is 3.00 bits per heavy atom. The molecule has 3 N–H and O–H groups in total. The zero-order valence-corrected chi connectivity index (χ0v) is 10.8. The average molecular weight is 248 g/mol. The van der Waals surface area contributed by atoms with Crippen LogP contribution >= 0.6 is 0 Å². The van der Waals surface area contributed by atoms with Crippen LogP contribution in [0, 0.1) is 6.92 Å². The lowest BCUT2D eigenvalue weighted by atomic mass is 9.70. The van der Waals surface area contributed by atoms with Gasteiger partial charge in [-0.05, 0) is 45.6 Å². The number of hydrogen-bond donors (Lipinski definition) is 3. The van der Waals surface area contributed by atoms with Gasteiger partial charge in [-0.15, -0.1) is 0 Å². The van der Waals surface area contributed by atoms with E-state index in [0.29, 0.717) is 23.2 Å². The average Bonchev–Trinajstić information content (AvgIpc) is 2.26. The second kappa shape index (κ2) is 4.39. The fourth-order valence-electron chi connectivity index (χ4n) is 3.13. The van der Waals surface area contributed by atoms with E-state index in [4.69, 9.17) is 0 Å². The first-order valence-corrected chi connectivity index (χ1v) is 6.75. The van der Waals surface area contributed by atoms with Crippen LogP contribution in [0.1, 0.15) is 37.9 Å². The molecule has 5 heteroatoms. The Morgan fingerprint density at radius 1 is 1.50 bits per heavy atom. The number of hydrogen-bond acceptors (Lipinski definition) is 4. The van der Waals surface area contributed by atoms with Crippen LogP contribution in [0.4, 0.5) is 5.82 Å². The van der Waals surface area contributed by atoms with Gasteiger partial charge < -0.3 is 15.6 Å². The summed E-state index contributed by atoms with van der Waals surface area (Å²) in [5, 5.41) is 7.06. The van der Waals surface area contributed by atoms with Crippen LogP contribution < -0.4 is 16.2 Å². The Kier molecular flexibility index (Phi) is 2.86. The predicted molar refractivity (Wildman–Crippen MR) is 70.8 cm³/mol. The first kappa shape index (κ1) is 11.7. The summed E-state index contributed by atoms with van der Waals surface area (Å²) in [6.45, 7) is 2.86. The highest BCUT2D eigenvalue weighted by Gasteiger charge is 2.40. The van der Waals surface area contributed by atoms with Gasteiger partial charge in [0.25, 0.3) is 5.56 Å². The zero-order chi connectivity index (χ0) is 12.6. The molecule has 2 aliphatic rings. The molecule has 1 aromatic rings. The van der Waals surface area contributed by atoms with Crippen molar-refractivity contribution in [3.8, 4) is 0 Å². The summed E-state index contributed by atoms with van der Waals surface area (Å²) in [6, 6.07) is 1.97. The van der Waals surface area contributed by atoms with Crippen molar-refractivity contribution >= 4 is 5.82 Å². The monoisotopic (exact) mass is 248 g/mol. The van der Waals surface area contributed by atoms with E-state index in [0.717, 1.165) is 19.4 Å². The number of aromatic nitrogens is 2. The van der Waals surface area contributed by atoms with Crippen LogP contribution in [0.5, 0.6) is 0 Å². The maximum absolute atomic E-state index is 11.4. The SMILES string of the molecule is Cc1nc(NC2CCNC3(CCC3)C2)cc(=O)[nH]1. The second-order valence-corrected chi connectivity index (χ2v) is 5.61. The minimum Gasteiger partial charge on any atom is -0.367 e. The highest BCUT2D eigenvalue weighted by molar-refractivity contribution is 5.34. The minimum absolute atomic E-state index is 0.0858. The number of anilines is 1. The van der Waals surface area contributed by atoms with Gasteiger partial charge in [0.1, 0.15) is 11.6 Å². The number of rotatable bonds is 2. The third-order valence-corrected chi connectivity index (χ3v) is 4.15. The molecule has 98 valence electrons. The molecule has 1 aromatic heterocycles. The van der Waals surface area contributed by atoms with Crippen molar-refractivity contribution in [2.75, 3.05) is 11.9 Å². The van der Waals surface area contributed by atoms with Gasteiger partial charge in [0.05, 0.1) is 0 Å². The van der Waals surface area contributed by atoms with Crippen molar-refractivity contribution in [2.24, 2.45) is 0 Å². The lowest BCUT2D eigenvalue weighted by Gasteiger charge is -2.48. The molecule has 3 rings (SSSR count). The first-order valence-electron chi connectivity index (χ1n) is 6.75. The van der Waals surface area contributed by atoms with Crippen LogP contribution in [0.15, 0.2) is 10.9 Å². The Balaban J connectivity index is 1.70. The topological polar surface area (TPSA) is 69.8 Å². The molecule has 0 aromatic carbocycles. The van der Waals surface area contributed by atoms with Crippen molar-refractivity contribution < 1.29 is 0 Å². The first-order chi connectivity index (χ1) is 8.65. The van der Waals surface area contributed by atoms with Crippen molar-refractivity contribution in [1.82, 2.24) is 15.3 Å². The fourth-order valence-corrected chi connectivity index (χ4v) is 3.13. The largest absolute Gasteiger partial charge is 0.367 e. The third-order valence-electron chi connectivity index (χ3n) is 4.15. The van der Waals surface area contributed by atoms with E-state index in [1.807, 2.05) is 6.92 Å². The summed E-state index contributed by atoms with van der Waals surface area (Å²) in [6.07, 6.45) is 6.14. The van der Waals surface area contributed by atoms with Gasteiger partial charge in [0, 0.05) is 17.6 Å². The van der Waals surface area contributed by atoms with E-state index in [2.05, 4.69) is 20.6 Å². The maximum Gasteiger partial charge on any atom is 0.252 e. The minimum atomic E-state index is -0.0858. The van der Waals surface area contributed by atoms with E-state index in [9.17, 15) is 4.79 Å². The van der Waals surface area contributed by atoms with Crippen LogP contribution in [0.25, 0.3) is 0 Å². The van der Waals surface area contributed by atoms with Crippen LogP contribution in [-0.2, 0) is 0 Å². The van der Waals surface area contributed by atoms with Crippen molar-refractivity contribution in [3.05, 3.63) is 22.2 Å². The smallest absolute Gasteiger partial charge is 0.252 e. The molecule has 0 amide bonds. The Bertz CT molecular complexity index is 492. The summed E-state index contributed by atoms with van der Waals surface area (Å²) < 4.78 is 0. The van der Waals surface area contributed by atoms with Crippen molar-refractivity contribution in [2.45, 2.75) is 50.6 Å². The summed E-state index contributed by atoms with van der Waals surface area (Å²) in [5.74, 6) is 1.37. The Morgan fingerprint density at radius 2 is 2.33 bits per heavy atom. The summed E-state index contributed by atoms with van der Waals surface area (Å²) in [4.78, 5) is 18.4. The fraction of sp³-hybridized carbons (Fsp3) is 0.692. The second-order valence-electron chi connectivity index (χ2n) is 5.61. The molecule has 5 nitrogen and oxygen atoms in total. The number of aromatic amines is 1. The van der Waals surface area contributed by atoms with Gasteiger partial charge in [-0.2, -0.15) is 0 Å². The number of aryl methyl sites for hydroxylation is 1. The number of nitrogens with zero attached hydrogens (tertiary/aromatic N) is 1. The van der Waals surface area contributed by atoms with E-state index in [1.165, 1.54) is 19.3 Å². The van der Waals surface area contributed by atoms with E-state index >= 15 is 0 Å². The summed E-state index contributed by atoms with van der Waals surface area (Å²) in [7, 11) is 0. The van der Waals surface area contributed by atoms with Gasteiger partial charge in [-0.25, -0.2) is 4.98 Å². The highest BCUT2D eigenvalue weighted by Crippen LogP contribution is 2.38. The molecule has 1 unspecified atom stereocenters. The molecule has 2 fully saturated rings. The lowest BCUT2D eigenvalue weighted by Crippen LogP contribution is -2.58. The van der Waals surface area contributed by atoms with Crippen molar-refractivity contribution in [1.29, 1.82) is 0 Å². The quantitative estimate of drug-likeness (QED) is 0.734. The van der Waals surface area contributed by atoms with Gasteiger partial charge in [-0.3, -0.25) is 4.79 Å². The van der Waals surface area contributed by atoms with Gasteiger partial charge >= 0.3 is 0 Å². The van der Waals surface area contributed by atoms with E-state index < -0.39 is 0 Å². The Hall–Kier alpha value is -1.36. The number of nitrogens with one attached hydrogen (secondary N) is 3. The maximum atomic E-state index is 11.4. The third kappa shape index (κ3) is 2.27. The molecule has 2 heterocycles. The van der Waals surface area contributed by atoms with Gasteiger partial charge in [0.2, 0.25) is 0 Å². The normalized spacial score (nSPS) is 25.7. The lowest BCUT2D eigenvalue weighted by molar-refractivity contribution is 0.135. The van der Waals surface area contributed by atoms with E-state index in [1.54, 1.807) is 6.07 Å². The van der Waals surface area contributed by atoms with Crippen LogP contribution in [0.3, 0.4) is 0 Å². The molecule has 1 aliphatic heterocycles. The van der Waals surface area contributed by atoms with Gasteiger partial charge in [0.15, 0.2) is 0 Å². The number of piperidine rings is 1. The number of H-pyrrole nitrogens is 1. The summed E-state index contributed by atoms with van der Waals surface area (Å²) in [5.41, 5.74) is 0.281. The molecule has 1 saturated carbocycles.